The molecule has 0 radical (unpaired) electrons. The largest absolute Gasteiger partial charge is 0.497 e. The van der Waals surface area contributed by atoms with Crippen molar-refractivity contribution in [1.82, 2.24) is 9.78 Å². The van der Waals surface area contributed by atoms with Crippen molar-refractivity contribution in [2.24, 2.45) is 0 Å². The van der Waals surface area contributed by atoms with Crippen LogP contribution in [0.15, 0.2) is 53.3 Å². The maximum absolute atomic E-state index is 13.1. The van der Waals surface area contributed by atoms with Crippen LogP contribution in [-0.2, 0) is 11.2 Å². The van der Waals surface area contributed by atoms with Crippen LogP contribution in [-0.4, -0.2) is 29.6 Å². The van der Waals surface area contributed by atoms with Gasteiger partial charge in [0.05, 0.1) is 12.8 Å². The van der Waals surface area contributed by atoms with Crippen molar-refractivity contribution in [2.45, 2.75) is 26.3 Å². The lowest BCUT2D eigenvalue weighted by Gasteiger charge is -2.16. The second-order valence-electron chi connectivity index (χ2n) is 7.32. The maximum atomic E-state index is 13.1. The summed E-state index contributed by atoms with van der Waals surface area (Å²) in [6, 6.07) is 13.6. The SMILES string of the molecule is COc1cccc(Cc2cc(C)nn(C(C)C(=O)Nc3ccc4c(c3)OCO4)c2=O)c1. The van der Waals surface area contributed by atoms with E-state index in [9.17, 15) is 9.59 Å². The molecule has 1 aromatic heterocycles. The van der Waals surface area contributed by atoms with Crippen molar-refractivity contribution in [3.05, 3.63) is 75.7 Å². The van der Waals surface area contributed by atoms with Gasteiger partial charge < -0.3 is 19.5 Å². The summed E-state index contributed by atoms with van der Waals surface area (Å²) >= 11 is 0. The van der Waals surface area contributed by atoms with Crippen LogP contribution < -0.4 is 25.1 Å². The normalized spacial score (nSPS) is 13.0. The van der Waals surface area contributed by atoms with E-state index >= 15 is 0 Å². The fraction of sp³-hybridized carbons (Fsp3) is 0.261. The number of nitrogens with zero attached hydrogens (tertiary/aromatic N) is 2. The highest BCUT2D eigenvalue weighted by Crippen LogP contribution is 2.34. The minimum absolute atomic E-state index is 0.155. The van der Waals surface area contributed by atoms with Gasteiger partial charge in [0.15, 0.2) is 11.5 Å². The predicted molar refractivity (Wildman–Crippen MR) is 115 cm³/mol. The molecule has 1 atom stereocenters. The maximum Gasteiger partial charge on any atom is 0.271 e. The summed E-state index contributed by atoms with van der Waals surface area (Å²) < 4.78 is 17.1. The van der Waals surface area contributed by atoms with Crippen molar-refractivity contribution >= 4 is 11.6 Å². The van der Waals surface area contributed by atoms with Crippen molar-refractivity contribution in [3.63, 3.8) is 0 Å². The number of nitrogens with one attached hydrogen (secondary N) is 1. The fourth-order valence-electron chi connectivity index (χ4n) is 3.43. The molecule has 0 fully saturated rings. The van der Waals surface area contributed by atoms with Gasteiger partial charge in [-0.3, -0.25) is 9.59 Å². The third-order valence-electron chi connectivity index (χ3n) is 5.05. The Morgan fingerprint density at radius 3 is 2.81 bits per heavy atom. The number of carbonyl (C=O) groups excluding carboxylic acids is 1. The molecule has 0 aliphatic carbocycles. The number of aromatic nitrogens is 2. The van der Waals surface area contributed by atoms with E-state index in [2.05, 4.69) is 10.4 Å². The standard InChI is InChI=1S/C23H23N3O5/c1-14-9-17(10-16-5-4-6-19(11-16)29-3)23(28)26(25-14)15(2)22(27)24-18-7-8-20-21(12-18)31-13-30-20/h4-9,11-12,15H,10,13H2,1-3H3,(H,24,27). The number of hydrogen-bond acceptors (Lipinski definition) is 6. The van der Waals surface area contributed by atoms with Gasteiger partial charge in [-0.15, -0.1) is 0 Å². The van der Waals surface area contributed by atoms with Gasteiger partial charge in [0, 0.05) is 23.7 Å². The molecule has 8 heteroatoms. The van der Waals surface area contributed by atoms with Gasteiger partial charge in [0.25, 0.3) is 5.56 Å². The molecule has 0 saturated carbocycles. The Morgan fingerprint density at radius 2 is 2.00 bits per heavy atom. The molecule has 2 aromatic carbocycles. The molecule has 3 aromatic rings. The van der Waals surface area contributed by atoms with Crippen LogP contribution in [0.25, 0.3) is 0 Å². The lowest BCUT2D eigenvalue weighted by molar-refractivity contribution is -0.119. The van der Waals surface area contributed by atoms with E-state index in [0.717, 1.165) is 11.3 Å². The number of aryl methyl sites for hydroxylation is 1. The van der Waals surface area contributed by atoms with Gasteiger partial charge in [-0.05, 0) is 49.7 Å². The average Bonchev–Trinajstić information content (AvgIpc) is 3.23. The van der Waals surface area contributed by atoms with E-state index in [4.69, 9.17) is 14.2 Å². The molecule has 1 aliphatic rings. The molecule has 8 nitrogen and oxygen atoms in total. The second kappa shape index (κ2) is 8.51. The molecular weight excluding hydrogens is 398 g/mol. The summed E-state index contributed by atoms with van der Waals surface area (Å²) in [5.74, 6) is 1.56. The molecule has 1 amide bonds. The van der Waals surface area contributed by atoms with E-state index in [-0.39, 0.29) is 18.3 Å². The van der Waals surface area contributed by atoms with Crippen molar-refractivity contribution < 1.29 is 19.0 Å². The molecule has 31 heavy (non-hydrogen) atoms. The first-order chi connectivity index (χ1) is 14.9. The number of methoxy groups -OCH3 is 1. The van der Waals surface area contributed by atoms with Crippen LogP contribution in [0.2, 0.25) is 0 Å². The monoisotopic (exact) mass is 421 g/mol. The van der Waals surface area contributed by atoms with Crippen molar-refractivity contribution in [3.8, 4) is 17.2 Å². The molecule has 1 unspecified atom stereocenters. The van der Waals surface area contributed by atoms with E-state index < -0.39 is 6.04 Å². The number of carbonyl (C=O) groups is 1. The number of benzene rings is 2. The lowest BCUT2D eigenvalue weighted by atomic mass is 10.1. The Balaban J connectivity index is 1.56. The Hall–Kier alpha value is -3.81. The molecule has 1 N–H and O–H groups in total. The van der Waals surface area contributed by atoms with E-state index in [1.54, 1.807) is 45.2 Å². The minimum atomic E-state index is -0.804. The predicted octanol–water partition coefficient (Wildman–Crippen LogP) is 3.08. The highest BCUT2D eigenvalue weighted by molar-refractivity contribution is 5.93. The van der Waals surface area contributed by atoms with Gasteiger partial charge in [-0.2, -0.15) is 5.10 Å². The Kier molecular flexibility index (Phi) is 5.62. The summed E-state index contributed by atoms with van der Waals surface area (Å²) in [5, 5.41) is 7.11. The van der Waals surface area contributed by atoms with E-state index in [1.165, 1.54) is 4.68 Å². The molecule has 2 heterocycles. The highest BCUT2D eigenvalue weighted by Gasteiger charge is 2.21. The van der Waals surface area contributed by atoms with Crippen molar-refractivity contribution in [2.75, 3.05) is 19.2 Å². The van der Waals surface area contributed by atoms with Crippen LogP contribution in [0, 0.1) is 6.92 Å². The molecule has 0 spiro atoms. The fourth-order valence-corrected chi connectivity index (χ4v) is 3.43. The van der Waals surface area contributed by atoms with Crippen LogP contribution in [0.4, 0.5) is 5.69 Å². The summed E-state index contributed by atoms with van der Waals surface area (Å²) in [7, 11) is 1.60. The van der Waals surface area contributed by atoms with Crippen LogP contribution in [0.5, 0.6) is 17.2 Å². The quantitative estimate of drug-likeness (QED) is 0.658. The molecule has 1 aliphatic heterocycles. The van der Waals surface area contributed by atoms with Crippen molar-refractivity contribution in [1.29, 1.82) is 0 Å². The molecule has 160 valence electrons. The number of hydrogen-bond donors (Lipinski definition) is 1. The Bertz CT molecular complexity index is 1190. The third-order valence-corrected chi connectivity index (χ3v) is 5.05. The zero-order chi connectivity index (χ0) is 22.0. The van der Waals surface area contributed by atoms with Gasteiger partial charge in [0.2, 0.25) is 12.7 Å². The first-order valence-corrected chi connectivity index (χ1v) is 9.87. The zero-order valence-electron chi connectivity index (χ0n) is 17.5. The number of fused-ring (bicyclic) bond motifs is 1. The summed E-state index contributed by atoms with van der Waals surface area (Å²) in [6.07, 6.45) is 0.413. The summed E-state index contributed by atoms with van der Waals surface area (Å²) in [6.45, 7) is 3.60. The van der Waals surface area contributed by atoms with Crippen LogP contribution in [0.3, 0.4) is 0 Å². The van der Waals surface area contributed by atoms with Gasteiger partial charge in [-0.1, -0.05) is 12.1 Å². The number of ether oxygens (including phenoxy) is 3. The third kappa shape index (κ3) is 4.37. The molecular formula is C23H23N3O5. The van der Waals surface area contributed by atoms with Crippen LogP contribution in [0.1, 0.15) is 29.8 Å². The number of rotatable bonds is 6. The zero-order valence-corrected chi connectivity index (χ0v) is 17.5. The lowest BCUT2D eigenvalue weighted by Crippen LogP contribution is -2.35. The van der Waals surface area contributed by atoms with Gasteiger partial charge >= 0.3 is 0 Å². The Morgan fingerprint density at radius 1 is 1.19 bits per heavy atom. The smallest absolute Gasteiger partial charge is 0.271 e. The number of amides is 1. The summed E-state index contributed by atoms with van der Waals surface area (Å²) in [4.78, 5) is 25.9. The first kappa shape index (κ1) is 20.5. The summed E-state index contributed by atoms with van der Waals surface area (Å²) in [5.41, 5.74) is 2.40. The Labute approximate surface area is 179 Å². The van der Waals surface area contributed by atoms with Crippen LogP contribution >= 0.6 is 0 Å². The average molecular weight is 421 g/mol. The minimum Gasteiger partial charge on any atom is -0.497 e. The van der Waals surface area contributed by atoms with Gasteiger partial charge in [-0.25, -0.2) is 4.68 Å². The molecule has 4 rings (SSSR count). The first-order valence-electron chi connectivity index (χ1n) is 9.87. The molecule has 0 saturated heterocycles. The second-order valence-corrected chi connectivity index (χ2v) is 7.32. The van der Waals surface area contributed by atoms with E-state index in [0.29, 0.717) is 34.9 Å². The van der Waals surface area contributed by atoms with E-state index in [1.807, 2.05) is 24.3 Å². The van der Waals surface area contributed by atoms with Gasteiger partial charge in [0.1, 0.15) is 11.8 Å². The topological polar surface area (TPSA) is 91.7 Å². The number of anilines is 1. The highest BCUT2D eigenvalue weighted by atomic mass is 16.7. The molecule has 0 bridgehead atoms.